The first-order valence-corrected chi connectivity index (χ1v) is 5.18. The van der Waals surface area contributed by atoms with Gasteiger partial charge in [0.05, 0.1) is 0 Å². The van der Waals surface area contributed by atoms with Gasteiger partial charge in [-0.3, -0.25) is 4.79 Å². The van der Waals surface area contributed by atoms with Gasteiger partial charge < -0.3 is 10.2 Å². The van der Waals surface area contributed by atoms with Gasteiger partial charge in [-0.25, -0.2) is 4.79 Å². The molecule has 1 saturated heterocycles. The Bertz CT molecular complexity index is 196. The number of piperidine rings is 1. The molecule has 2 amide bonds. The van der Waals surface area contributed by atoms with Gasteiger partial charge in [0.2, 0.25) is 0 Å². The minimum Gasteiger partial charge on any atom is -0.341 e. The second kappa shape index (κ2) is 4.98. The lowest BCUT2D eigenvalue weighted by atomic mass is 9.91. The zero-order valence-electron chi connectivity index (χ0n) is 8.88. The summed E-state index contributed by atoms with van der Waals surface area (Å²) < 4.78 is 0. The zero-order valence-corrected chi connectivity index (χ0v) is 8.88. The highest BCUT2D eigenvalue weighted by molar-refractivity contribution is 5.81. The molecule has 0 bridgehead atoms. The Morgan fingerprint density at radius 2 is 1.93 bits per heavy atom. The van der Waals surface area contributed by atoms with Crippen LogP contribution in [0.1, 0.15) is 26.2 Å². The van der Waals surface area contributed by atoms with E-state index < -0.39 is 0 Å². The van der Waals surface area contributed by atoms with Crippen LogP contribution in [0.4, 0.5) is 4.79 Å². The van der Waals surface area contributed by atoms with Crippen LogP contribution >= 0.6 is 0 Å². The maximum atomic E-state index is 11.4. The van der Waals surface area contributed by atoms with Crippen molar-refractivity contribution in [3.63, 3.8) is 0 Å². The standard InChI is InChI=1S/C10H18N2O2/c1-3-9(13)8-4-6-12(7-5-8)10(14)11-2/h8H,3-7H2,1-2H3,(H,11,14). The number of likely N-dealkylation sites (tertiary alicyclic amines) is 1. The van der Waals surface area contributed by atoms with E-state index in [9.17, 15) is 9.59 Å². The summed E-state index contributed by atoms with van der Waals surface area (Å²) in [5.41, 5.74) is 0. The summed E-state index contributed by atoms with van der Waals surface area (Å²) >= 11 is 0. The maximum Gasteiger partial charge on any atom is 0.317 e. The Morgan fingerprint density at radius 1 is 1.36 bits per heavy atom. The van der Waals surface area contributed by atoms with E-state index in [0.29, 0.717) is 25.3 Å². The first-order valence-electron chi connectivity index (χ1n) is 5.18. The molecule has 1 fully saturated rings. The molecule has 1 heterocycles. The van der Waals surface area contributed by atoms with Crippen molar-refractivity contribution in [3.8, 4) is 0 Å². The highest BCUT2D eigenvalue weighted by Gasteiger charge is 2.25. The molecule has 0 saturated carbocycles. The number of nitrogens with one attached hydrogen (secondary N) is 1. The van der Waals surface area contributed by atoms with Gasteiger partial charge in [0.25, 0.3) is 0 Å². The van der Waals surface area contributed by atoms with Crippen molar-refractivity contribution in [1.82, 2.24) is 10.2 Å². The van der Waals surface area contributed by atoms with E-state index >= 15 is 0 Å². The average Bonchev–Trinajstić information content (AvgIpc) is 2.27. The Kier molecular flexibility index (Phi) is 3.92. The quantitative estimate of drug-likeness (QED) is 0.720. The van der Waals surface area contributed by atoms with Crippen LogP contribution in [0, 0.1) is 5.92 Å². The molecular weight excluding hydrogens is 180 g/mol. The Labute approximate surface area is 84.7 Å². The summed E-state index contributed by atoms with van der Waals surface area (Å²) in [7, 11) is 1.63. The number of Topliss-reactive ketones (excluding diaryl/α,β-unsaturated/α-hetero) is 1. The first kappa shape index (κ1) is 11.0. The van der Waals surface area contributed by atoms with Crippen LogP contribution in [0.15, 0.2) is 0 Å². The molecule has 0 radical (unpaired) electrons. The molecule has 0 unspecified atom stereocenters. The predicted octanol–water partition coefficient (Wildman–Crippen LogP) is 1.02. The van der Waals surface area contributed by atoms with Gasteiger partial charge in [-0.2, -0.15) is 0 Å². The molecule has 1 aliphatic rings. The van der Waals surface area contributed by atoms with Crippen LogP contribution in [0.2, 0.25) is 0 Å². The van der Waals surface area contributed by atoms with E-state index in [0.717, 1.165) is 12.8 Å². The number of nitrogens with zero attached hydrogens (tertiary/aromatic N) is 1. The van der Waals surface area contributed by atoms with E-state index in [2.05, 4.69) is 5.32 Å². The predicted molar refractivity (Wildman–Crippen MR) is 54.1 cm³/mol. The molecule has 1 N–H and O–H groups in total. The SMILES string of the molecule is CCC(=O)C1CCN(C(=O)NC)CC1. The summed E-state index contributed by atoms with van der Waals surface area (Å²) in [4.78, 5) is 24.4. The van der Waals surface area contributed by atoms with Crippen LogP contribution in [0.3, 0.4) is 0 Å². The molecule has 1 aliphatic heterocycles. The Balaban J connectivity index is 2.38. The Morgan fingerprint density at radius 3 is 2.36 bits per heavy atom. The fraction of sp³-hybridized carbons (Fsp3) is 0.800. The van der Waals surface area contributed by atoms with Crippen LogP contribution in [-0.2, 0) is 4.79 Å². The summed E-state index contributed by atoms with van der Waals surface area (Å²) in [6, 6.07) is -0.0348. The molecule has 0 aromatic rings. The molecule has 4 heteroatoms. The molecule has 80 valence electrons. The number of hydrogen-bond donors (Lipinski definition) is 1. The minimum absolute atomic E-state index is 0.0348. The fourth-order valence-electron chi connectivity index (χ4n) is 1.85. The number of hydrogen-bond acceptors (Lipinski definition) is 2. The highest BCUT2D eigenvalue weighted by Crippen LogP contribution is 2.19. The Hall–Kier alpha value is -1.06. The second-order valence-electron chi connectivity index (χ2n) is 3.64. The van der Waals surface area contributed by atoms with Gasteiger partial charge in [-0.15, -0.1) is 0 Å². The van der Waals surface area contributed by atoms with Gasteiger partial charge in [0.15, 0.2) is 0 Å². The summed E-state index contributed by atoms with van der Waals surface area (Å²) in [6.45, 7) is 3.31. The average molecular weight is 198 g/mol. The van der Waals surface area contributed by atoms with Crippen molar-refractivity contribution in [2.75, 3.05) is 20.1 Å². The number of ketones is 1. The lowest BCUT2D eigenvalue weighted by Crippen LogP contribution is -2.44. The monoisotopic (exact) mass is 198 g/mol. The van der Waals surface area contributed by atoms with Gasteiger partial charge in [-0.05, 0) is 12.8 Å². The fourth-order valence-corrected chi connectivity index (χ4v) is 1.85. The van der Waals surface area contributed by atoms with E-state index in [4.69, 9.17) is 0 Å². The normalized spacial score (nSPS) is 18.0. The summed E-state index contributed by atoms with van der Waals surface area (Å²) in [6.07, 6.45) is 2.25. The van der Waals surface area contributed by atoms with Crippen LogP contribution in [0.25, 0.3) is 0 Å². The highest BCUT2D eigenvalue weighted by atomic mass is 16.2. The third-order valence-electron chi connectivity index (χ3n) is 2.80. The van der Waals surface area contributed by atoms with Crippen LogP contribution in [-0.4, -0.2) is 36.9 Å². The van der Waals surface area contributed by atoms with Gasteiger partial charge in [0, 0.05) is 32.5 Å². The van der Waals surface area contributed by atoms with Gasteiger partial charge in [0.1, 0.15) is 5.78 Å². The first-order chi connectivity index (χ1) is 6.69. The third-order valence-corrected chi connectivity index (χ3v) is 2.80. The van der Waals surface area contributed by atoms with Crippen molar-refractivity contribution < 1.29 is 9.59 Å². The molecule has 0 atom stereocenters. The van der Waals surface area contributed by atoms with Gasteiger partial charge >= 0.3 is 6.03 Å². The number of rotatable bonds is 2. The van der Waals surface area contributed by atoms with Crippen molar-refractivity contribution in [2.45, 2.75) is 26.2 Å². The van der Waals surface area contributed by atoms with Crippen LogP contribution in [0.5, 0.6) is 0 Å². The molecule has 4 nitrogen and oxygen atoms in total. The lowest BCUT2D eigenvalue weighted by Gasteiger charge is -2.30. The van der Waals surface area contributed by atoms with E-state index in [1.165, 1.54) is 0 Å². The number of amides is 2. The molecule has 0 aromatic heterocycles. The molecule has 0 aliphatic carbocycles. The lowest BCUT2D eigenvalue weighted by molar-refractivity contribution is -0.123. The molecule has 1 rings (SSSR count). The topological polar surface area (TPSA) is 49.4 Å². The number of carbonyl (C=O) groups excluding carboxylic acids is 2. The third kappa shape index (κ3) is 2.47. The number of urea groups is 1. The summed E-state index contributed by atoms with van der Waals surface area (Å²) in [5.74, 6) is 0.516. The molecule has 0 aromatic carbocycles. The smallest absolute Gasteiger partial charge is 0.317 e. The van der Waals surface area contributed by atoms with E-state index in [1.54, 1.807) is 11.9 Å². The van der Waals surface area contributed by atoms with Crippen molar-refractivity contribution in [1.29, 1.82) is 0 Å². The molecule has 0 spiro atoms. The van der Waals surface area contributed by atoms with Crippen molar-refractivity contribution >= 4 is 11.8 Å². The minimum atomic E-state index is -0.0348. The maximum absolute atomic E-state index is 11.4. The van der Waals surface area contributed by atoms with Crippen molar-refractivity contribution in [3.05, 3.63) is 0 Å². The zero-order chi connectivity index (χ0) is 10.6. The molecular formula is C10H18N2O2. The largest absolute Gasteiger partial charge is 0.341 e. The van der Waals surface area contributed by atoms with E-state index in [-0.39, 0.29) is 11.9 Å². The van der Waals surface area contributed by atoms with Crippen LogP contribution < -0.4 is 5.32 Å². The summed E-state index contributed by atoms with van der Waals surface area (Å²) in [5, 5.41) is 2.59. The van der Waals surface area contributed by atoms with Crippen molar-refractivity contribution in [2.24, 2.45) is 5.92 Å². The van der Waals surface area contributed by atoms with Gasteiger partial charge in [-0.1, -0.05) is 6.92 Å². The second-order valence-corrected chi connectivity index (χ2v) is 3.64. The number of carbonyl (C=O) groups is 2. The molecule has 14 heavy (non-hydrogen) atoms. The van der Waals surface area contributed by atoms with E-state index in [1.807, 2.05) is 6.92 Å².